The van der Waals surface area contributed by atoms with E-state index in [0.29, 0.717) is 13.0 Å². The summed E-state index contributed by atoms with van der Waals surface area (Å²) in [4.78, 5) is 36.0. The lowest BCUT2D eigenvalue weighted by Crippen LogP contribution is -2.48. The highest BCUT2D eigenvalue weighted by Crippen LogP contribution is 2.15. The number of rotatable bonds is 7. The third-order valence-corrected chi connectivity index (χ3v) is 3.88. The van der Waals surface area contributed by atoms with Crippen LogP contribution in [-0.4, -0.2) is 41.3 Å². The number of ketones is 2. The number of nitrogens with one attached hydrogen (secondary N) is 1. The van der Waals surface area contributed by atoms with Gasteiger partial charge in [-0.15, -0.1) is 0 Å². The zero-order valence-electron chi connectivity index (χ0n) is 12.2. The molecule has 0 amide bonds. The molecule has 0 radical (unpaired) electrons. The highest BCUT2D eigenvalue weighted by atomic mass is 16.4. The second-order valence-electron chi connectivity index (χ2n) is 5.52. The molecule has 22 heavy (non-hydrogen) atoms. The number of aliphatic carboxylic acids is 1. The van der Waals surface area contributed by atoms with Crippen LogP contribution in [0.15, 0.2) is 30.3 Å². The van der Waals surface area contributed by atoms with Gasteiger partial charge in [0.25, 0.3) is 0 Å². The fourth-order valence-corrected chi connectivity index (χ4v) is 2.69. The third-order valence-electron chi connectivity index (χ3n) is 3.88. The molecule has 2 rings (SSSR count). The minimum absolute atomic E-state index is 0.217. The number of hydrogen-bond donors (Lipinski definition) is 3. The Balaban J connectivity index is 2.08. The number of Topliss-reactive ketones (excluding diaryl/α,β-unsaturated/α-hetero) is 2. The first kappa shape index (κ1) is 16.3. The molecule has 1 heterocycles. The Hall–Kier alpha value is -2.05. The first-order chi connectivity index (χ1) is 10.5. The van der Waals surface area contributed by atoms with Gasteiger partial charge in [0, 0.05) is 0 Å². The van der Waals surface area contributed by atoms with E-state index >= 15 is 0 Å². The molecule has 1 aromatic rings. The molecule has 1 aliphatic heterocycles. The van der Waals surface area contributed by atoms with Crippen molar-refractivity contribution in [2.75, 3.05) is 6.54 Å². The number of carbonyl (C=O) groups excluding carboxylic acids is 2. The van der Waals surface area contributed by atoms with Crippen LogP contribution in [0.1, 0.15) is 18.4 Å². The molecule has 1 unspecified atom stereocenters. The number of carboxylic acid groups (broad SMARTS) is 1. The van der Waals surface area contributed by atoms with Crippen LogP contribution in [-0.2, 0) is 20.8 Å². The van der Waals surface area contributed by atoms with Crippen LogP contribution in [0.5, 0.6) is 0 Å². The summed E-state index contributed by atoms with van der Waals surface area (Å²) in [5, 5.41) is 12.2. The summed E-state index contributed by atoms with van der Waals surface area (Å²) in [5.41, 5.74) is 6.67. The fourth-order valence-electron chi connectivity index (χ4n) is 2.69. The summed E-state index contributed by atoms with van der Waals surface area (Å²) in [6.45, 7) is 0.660. The summed E-state index contributed by atoms with van der Waals surface area (Å²) < 4.78 is 0. The molecule has 6 nitrogen and oxygen atoms in total. The van der Waals surface area contributed by atoms with Crippen LogP contribution in [0.25, 0.3) is 0 Å². The Kier molecular flexibility index (Phi) is 5.41. The van der Waals surface area contributed by atoms with Crippen LogP contribution in [0, 0.1) is 5.92 Å². The fraction of sp³-hybridized carbons (Fsp3) is 0.438. The summed E-state index contributed by atoms with van der Waals surface area (Å²) in [6, 6.07) is 7.52. The van der Waals surface area contributed by atoms with Crippen LogP contribution >= 0.6 is 0 Å². The van der Waals surface area contributed by atoms with Crippen molar-refractivity contribution in [2.24, 2.45) is 11.7 Å². The van der Waals surface area contributed by atoms with E-state index in [-0.39, 0.29) is 6.42 Å². The zero-order valence-corrected chi connectivity index (χ0v) is 12.2. The van der Waals surface area contributed by atoms with E-state index in [1.165, 1.54) is 0 Å². The monoisotopic (exact) mass is 304 g/mol. The molecule has 0 saturated carbocycles. The molecule has 6 heteroatoms. The van der Waals surface area contributed by atoms with Gasteiger partial charge in [0.1, 0.15) is 0 Å². The number of carbonyl (C=O) groups is 3. The molecule has 4 N–H and O–H groups in total. The van der Waals surface area contributed by atoms with Gasteiger partial charge in [-0.25, -0.2) is 0 Å². The summed E-state index contributed by atoms with van der Waals surface area (Å²) in [7, 11) is 0. The van der Waals surface area contributed by atoms with Crippen molar-refractivity contribution in [2.45, 2.75) is 31.3 Å². The van der Waals surface area contributed by atoms with E-state index in [1.54, 1.807) is 0 Å². The van der Waals surface area contributed by atoms with Gasteiger partial charge in [0.2, 0.25) is 0 Å². The molecule has 0 spiro atoms. The van der Waals surface area contributed by atoms with Crippen molar-refractivity contribution >= 4 is 17.5 Å². The van der Waals surface area contributed by atoms with Crippen LogP contribution in [0.2, 0.25) is 0 Å². The average Bonchev–Trinajstić information content (AvgIpc) is 3.02. The largest absolute Gasteiger partial charge is 0.480 e. The van der Waals surface area contributed by atoms with E-state index in [1.807, 2.05) is 30.3 Å². The predicted octanol–water partition coefficient (Wildman–Crippen LogP) is 0.147. The van der Waals surface area contributed by atoms with E-state index in [2.05, 4.69) is 5.32 Å². The predicted molar refractivity (Wildman–Crippen MR) is 80.3 cm³/mol. The molecule has 1 aliphatic rings. The molecular weight excluding hydrogens is 284 g/mol. The standard InChI is InChI=1S/C16H20N2O4/c17-11(9-10-5-2-1-3-6-10)14(19)13(16(21)22)15(20)12-7-4-8-18-12/h1-3,5-6,11-13,18H,4,7-9,17H2,(H,21,22)/t11-,12+,13?/m0/s1. The van der Waals surface area contributed by atoms with Crippen molar-refractivity contribution in [3.8, 4) is 0 Å². The van der Waals surface area contributed by atoms with Crippen molar-refractivity contribution < 1.29 is 19.5 Å². The average molecular weight is 304 g/mol. The van der Waals surface area contributed by atoms with E-state index in [0.717, 1.165) is 12.0 Å². The minimum Gasteiger partial charge on any atom is -0.480 e. The van der Waals surface area contributed by atoms with Gasteiger partial charge in [-0.2, -0.15) is 0 Å². The van der Waals surface area contributed by atoms with Crippen LogP contribution < -0.4 is 11.1 Å². The molecule has 0 aliphatic carbocycles. The van der Waals surface area contributed by atoms with Crippen molar-refractivity contribution in [1.82, 2.24) is 5.32 Å². The van der Waals surface area contributed by atoms with Crippen molar-refractivity contribution in [1.29, 1.82) is 0 Å². The maximum atomic E-state index is 12.3. The van der Waals surface area contributed by atoms with E-state index < -0.39 is 35.5 Å². The Bertz CT molecular complexity index is 553. The Morgan fingerprint density at radius 1 is 1.27 bits per heavy atom. The van der Waals surface area contributed by atoms with Gasteiger partial charge in [-0.1, -0.05) is 30.3 Å². The van der Waals surface area contributed by atoms with Crippen molar-refractivity contribution in [3.05, 3.63) is 35.9 Å². The normalized spacial score (nSPS) is 20.3. The topological polar surface area (TPSA) is 109 Å². The van der Waals surface area contributed by atoms with Gasteiger partial charge in [0.05, 0.1) is 12.1 Å². The first-order valence-electron chi connectivity index (χ1n) is 7.34. The maximum absolute atomic E-state index is 12.3. The second kappa shape index (κ2) is 7.29. The highest BCUT2D eigenvalue weighted by molar-refractivity contribution is 6.19. The van der Waals surface area contributed by atoms with Gasteiger partial charge in [-0.3, -0.25) is 14.4 Å². The quantitative estimate of drug-likeness (QED) is 0.619. The molecule has 3 atom stereocenters. The third kappa shape index (κ3) is 3.78. The molecule has 1 aromatic carbocycles. The molecule has 118 valence electrons. The van der Waals surface area contributed by atoms with E-state index in [4.69, 9.17) is 5.73 Å². The first-order valence-corrected chi connectivity index (χ1v) is 7.34. The van der Waals surface area contributed by atoms with Crippen molar-refractivity contribution in [3.63, 3.8) is 0 Å². The van der Waals surface area contributed by atoms with Gasteiger partial charge in [-0.05, 0) is 31.4 Å². The lowest BCUT2D eigenvalue weighted by Gasteiger charge is -2.18. The van der Waals surface area contributed by atoms with Gasteiger partial charge >= 0.3 is 5.97 Å². The summed E-state index contributed by atoms with van der Waals surface area (Å²) in [6.07, 6.45) is 1.58. The molecule has 1 saturated heterocycles. The molecular formula is C16H20N2O4. The SMILES string of the molecule is N[C@@H](Cc1ccccc1)C(=O)C(C(=O)O)C(=O)[C@H]1CCCN1. The van der Waals surface area contributed by atoms with Crippen LogP contribution in [0.4, 0.5) is 0 Å². The van der Waals surface area contributed by atoms with Gasteiger partial charge in [0.15, 0.2) is 17.5 Å². The highest BCUT2D eigenvalue weighted by Gasteiger charge is 2.40. The lowest BCUT2D eigenvalue weighted by molar-refractivity contribution is -0.151. The summed E-state index contributed by atoms with van der Waals surface area (Å²) >= 11 is 0. The smallest absolute Gasteiger partial charge is 0.321 e. The Morgan fingerprint density at radius 3 is 2.50 bits per heavy atom. The number of carboxylic acids is 1. The maximum Gasteiger partial charge on any atom is 0.321 e. The molecule has 1 fully saturated rings. The van der Waals surface area contributed by atoms with E-state index in [9.17, 15) is 19.5 Å². The van der Waals surface area contributed by atoms with Crippen LogP contribution in [0.3, 0.4) is 0 Å². The number of hydrogen-bond acceptors (Lipinski definition) is 5. The second-order valence-corrected chi connectivity index (χ2v) is 5.52. The summed E-state index contributed by atoms with van der Waals surface area (Å²) in [5.74, 6) is -4.42. The lowest BCUT2D eigenvalue weighted by atomic mass is 9.88. The number of benzene rings is 1. The Morgan fingerprint density at radius 2 is 1.95 bits per heavy atom. The Labute approximate surface area is 128 Å². The minimum atomic E-state index is -1.69. The number of nitrogens with two attached hydrogens (primary N) is 1. The zero-order chi connectivity index (χ0) is 16.1. The van der Waals surface area contributed by atoms with Gasteiger partial charge < -0.3 is 16.2 Å². The molecule has 0 aromatic heterocycles. The molecule has 0 bridgehead atoms.